The second-order valence-electron chi connectivity index (χ2n) is 8.64. The third-order valence-electron chi connectivity index (χ3n) is 6.73. The first-order valence-electron chi connectivity index (χ1n) is 12.1. The Morgan fingerprint density at radius 3 is 2.00 bits per heavy atom. The Bertz CT molecular complexity index is 1080. The average Bonchev–Trinajstić information content (AvgIpc) is 2.92. The van der Waals surface area contributed by atoms with Gasteiger partial charge in [0.1, 0.15) is 0 Å². The fourth-order valence-electron chi connectivity index (χ4n) is 4.69. The van der Waals surface area contributed by atoms with Crippen molar-refractivity contribution in [2.45, 2.75) is 38.1 Å². The second kappa shape index (κ2) is 12.4. The highest BCUT2D eigenvalue weighted by Gasteiger charge is 2.35. The number of ether oxygens (including phenoxy) is 5. The molecule has 1 aliphatic carbocycles. The van der Waals surface area contributed by atoms with E-state index in [0.29, 0.717) is 41.7 Å². The highest BCUT2D eigenvalue weighted by molar-refractivity contribution is 5.80. The van der Waals surface area contributed by atoms with E-state index in [2.05, 4.69) is 19.1 Å². The van der Waals surface area contributed by atoms with E-state index < -0.39 is 0 Å². The number of allylic oxidation sites excluding steroid dienone is 2. The molecule has 0 radical (unpaired) electrons. The van der Waals surface area contributed by atoms with Crippen LogP contribution in [0.5, 0.6) is 28.7 Å². The lowest BCUT2D eigenvalue weighted by Crippen LogP contribution is -2.52. The number of hydrogen-bond donors (Lipinski definition) is 0. The molecule has 7 heteroatoms. The van der Waals surface area contributed by atoms with Crippen LogP contribution in [-0.2, 0) is 17.6 Å². The molecule has 1 amide bonds. The van der Waals surface area contributed by atoms with Gasteiger partial charge in [0.2, 0.25) is 11.7 Å². The number of carbonyl (C=O) groups is 1. The summed E-state index contributed by atoms with van der Waals surface area (Å²) in [5.74, 6) is 2.96. The van der Waals surface area contributed by atoms with E-state index in [1.54, 1.807) is 35.5 Å². The monoisotopic (exact) mass is 495 g/mol. The number of rotatable bonds is 12. The minimum Gasteiger partial charge on any atom is -0.493 e. The van der Waals surface area contributed by atoms with Crippen molar-refractivity contribution in [3.8, 4) is 28.7 Å². The van der Waals surface area contributed by atoms with Gasteiger partial charge in [-0.3, -0.25) is 4.79 Å². The van der Waals surface area contributed by atoms with Crippen LogP contribution in [0.2, 0.25) is 0 Å². The fraction of sp³-hybridized carbons (Fsp3) is 0.414. The Balaban J connectivity index is 1.91. The first-order chi connectivity index (χ1) is 17.4. The lowest BCUT2D eigenvalue weighted by Gasteiger charge is -2.42. The van der Waals surface area contributed by atoms with Crippen LogP contribution in [-0.4, -0.2) is 58.4 Å². The summed E-state index contributed by atoms with van der Waals surface area (Å²) < 4.78 is 27.3. The molecule has 0 saturated carbocycles. The van der Waals surface area contributed by atoms with Crippen LogP contribution in [0.15, 0.2) is 54.6 Å². The van der Waals surface area contributed by atoms with Crippen molar-refractivity contribution in [2.75, 3.05) is 42.1 Å². The molecule has 2 aromatic carbocycles. The van der Waals surface area contributed by atoms with Crippen molar-refractivity contribution in [1.82, 2.24) is 4.90 Å². The maximum absolute atomic E-state index is 13.9. The van der Waals surface area contributed by atoms with Crippen LogP contribution in [0.4, 0.5) is 0 Å². The van der Waals surface area contributed by atoms with Gasteiger partial charge in [-0.2, -0.15) is 0 Å². The van der Waals surface area contributed by atoms with E-state index in [0.717, 1.165) is 24.0 Å². The predicted molar refractivity (Wildman–Crippen MR) is 141 cm³/mol. The molecule has 0 bridgehead atoms. The number of carbonyl (C=O) groups excluding carboxylic acids is 1. The van der Waals surface area contributed by atoms with Gasteiger partial charge in [-0.25, -0.2) is 0 Å². The highest BCUT2D eigenvalue weighted by Crippen LogP contribution is 2.39. The minimum atomic E-state index is -0.386. The van der Waals surface area contributed by atoms with Crippen LogP contribution >= 0.6 is 0 Å². The molecule has 1 atom stereocenters. The number of amides is 1. The number of benzene rings is 2. The molecule has 2 aromatic rings. The molecule has 1 aliphatic rings. The summed E-state index contributed by atoms with van der Waals surface area (Å²) in [5, 5.41) is 0. The number of hydrogen-bond acceptors (Lipinski definition) is 6. The Kier molecular flexibility index (Phi) is 9.28. The molecule has 194 valence electrons. The van der Waals surface area contributed by atoms with Crippen molar-refractivity contribution in [3.05, 3.63) is 65.8 Å². The van der Waals surface area contributed by atoms with Gasteiger partial charge in [-0.05, 0) is 54.7 Å². The lowest BCUT2D eigenvalue weighted by molar-refractivity contribution is -0.135. The SMILES string of the molecule is CC[C@]1(N(CCc2ccc(OC)c(OC)c2)C(=O)Cc2cc(OC)c(OC)c(OC)c2)C=CC=CC1. The van der Waals surface area contributed by atoms with Crippen LogP contribution < -0.4 is 23.7 Å². The van der Waals surface area contributed by atoms with Gasteiger partial charge < -0.3 is 28.6 Å². The predicted octanol–water partition coefficient (Wildman–Crippen LogP) is 5.01. The van der Waals surface area contributed by atoms with Crippen LogP contribution in [0.1, 0.15) is 30.9 Å². The molecule has 0 aromatic heterocycles. The summed E-state index contributed by atoms with van der Waals surface area (Å²) in [5.41, 5.74) is 1.48. The van der Waals surface area contributed by atoms with E-state index in [-0.39, 0.29) is 17.9 Å². The largest absolute Gasteiger partial charge is 0.493 e. The zero-order valence-electron chi connectivity index (χ0n) is 22.1. The zero-order valence-corrected chi connectivity index (χ0v) is 22.1. The van der Waals surface area contributed by atoms with Crippen molar-refractivity contribution < 1.29 is 28.5 Å². The molecule has 0 fully saturated rings. The third-order valence-corrected chi connectivity index (χ3v) is 6.73. The lowest BCUT2D eigenvalue weighted by atomic mass is 9.85. The molecule has 0 N–H and O–H groups in total. The fourth-order valence-corrected chi connectivity index (χ4v) is 4.69. The molecular weight excluding hydrogens is 458 g/mol. The molecule has 0 unspecified atom stereocenters. The van der Waals surface area contributed by atoms with Gasteiger partial charge in [0.05, 0.1) is 47.5 Å². The van der Waals surface area contributed by atoms with Gasteiger partial charge in [0.25, 0.3) is 0 Å². The van der Waals surface area contributed by atoms with E-state index in [4.69, 9.17) is 23.7 Å². The standard InChI is InChI=1S/C29H37NO6/c1-7-29(14-9-8-10-15-29)30(16-13-21-11-12-23(32-2)24(17-21)33-3)27(31)20-22-18-25(34-4)28(36-6)26(19-22)35-5/h8-12,14,17-19H,7,13,15-16,20H2,1-6H3/t29-/m0/s1. The van der Waals surface area contributed by atoms with E-state index >= 15 is 0 Å². The normalized spacial score (nSPS) is 16.4. The summed E-state index contributed by atoms with van der Waals surface area (Å²) >= 11 is 0. The Labute approximate surface area is 214 Å². The third kappa shape index (κ3) is 5.78. The minimum absolute atomic E-state index is 0.0338. The number of methoxy groups -OCH3 is 5. The Hall–Kier alpha value is -3.61. The van der Waals surface area contributed by atoms with E-state index in [1.807, 2.05) is 47.4 Å². The van der Waals surface area contributed by atoms with Gasteiger partial charge in [-0.1, -0.05) is 37.3 Å². The molecule has 7 nitrogen and oxygen atoms in total. The first kappa shape index (κ1) is 27.0. The van der Waals surface area contributed by atoms with Crippen molar-refractivity contribution >= 4 is 5.91 Å². The van der Waals surface area contributed by atoms with Gasteiger partial charge in [0, 0.05) is 6.54 Å². The van der Waals surface area contributed by atoms with Gasteiger partial charge in [0.15, 0.2) is 23.0 Å². The summed E-state index contributed by atoms with van der Waals surface area (Å²) in [6.45, 7) is 2.68. The summed E-state index contributed by atoms with van der Waals surface area (Å²) in [4.78, 5) is 15.9. The summed E-state index contributed by atoms with van der Waals surface area (Å²) in [6, 6.07) is 9.55. The van der Waals surface area contributed by atoms with Gasteiger partial charge in [-0.15, -0.1) is 0 Å². The second-order valence-corrected chi connectivity index (χ2v) is 8.64. The van der Waals surface area contributed by atoms with Crippen molar-refractivity contribution in [1.29, 1.82) is 0 Å². The smallest absolute Gasteiger partial charge is 0.227 e. The van der Waals surface area contributed by atoms with Crippen molar-refractivity contribution in [3.63, 3.8) is 0 Å². The first-order valence-corrected chi connectivity index (χ1v) is 12.1. The Morgan fingerprint density at radius 1 is 0.833 bits per heavy atom. The molecule has 0 heterocycles. The van der Waals surface area contributed by atoms with Crippen molar-refractivity contribution in [2.24, 2.45) is 0 Å². The van der Waals surface area contributed by atoms with Crippen LogP contribution in [0, 0.1) is 0 Å². The molecule has 0 saturated heterocycles. The maximum Gasteiger partial charge on any atom is 0.227 e. The molecule has 3 rings (SSSR count). The molecule has 0 spiro atoms. The van der Waals surface area contributed by atoms with E-state index in [1.165, 1.54) is 0 Å². The Morgan fingerprint density at radius 2 is 1.47 bits per heavy atom. The van der Waals surface area contributed by atoms with Crippen LogP contribution in [0.3, 0.4) is 0 Å². The molecule has 0 aliphatic heterocycles. The topological polar surface area (TPSA) is 66.5 Å². The maximum atomic E-state index is 13.9. The van der Waals surface area contributed by atoms with Crippen LogP contribution in [0.25, 0.3) is 0 Å². The average molecular weight is 496 g/mol. The quantitative estimate of drug-likeness (QED) is 0.413. The van der Waals surface area contributed by atoms with E-state index in [9.17, 15) is 4.79 Å². The highest BCUT2D eigenvalue weighted by atomic mass is 16.5. The zero-order chi connectivity index (χ0) is 26.1. The summed E-state index contributed by atoms with van der Waals surface area (Å²) in [7, 11) is 7.96. The summed E-state index contributed by atoms with van der Waals surface area (Å²) in [6.07, 6.45) is 10.8. The molecular formula is C29H37NO6. The molecule has 36 heavy (non-hydrogen) atoms. The van der Waals surface area contributed by atoms with Gasteiger partial charge >= 0.3 is 0 Å². The number of nitrogens with zero attached hydrogens (tertiary/aromatic N) is 1.